The topological polar surface area (TPSA) is 64.9 Å². The highest BCUT2D eigenvalue weighted by Gasteiger charge is 2.24. The van der Waals surface area contributed by atoms with Crippen LogP contribution in [0.15, 0.2) is 5.16 Å². The molecular weight excluding hydrogens is 286 g/mol. The summed E-state index contributed by atoms with van der Waals surface area (Å²) in [6.45, 7) is 8.15. The molecule has 1 aromatic rings. The van der Waals surface area contributed by atoms with Crippen LogP contribution in [0, 0.1) is 0 Å². The van der Waals surface area contributed by atoms with Crippen molar-refractivity contribution in [2.24, 2.45) is 0 Å². The first-order valence-corrected chi connectivity index (χ1v) is 8.56. The fraction of sp³-hybridized carbons (Fsp3) is 0.929. The fourth-order valence-electron chi connectivity index (χ4n) is 2.53. The van der Waals surface area contributed by atoms with Gasteiger partial charge in [-0.05, 0) is 56.9 Å². The number of aromatic nitrogens is 4. The van der Waals surface area contributed by atoms with Crippen LogP contribution in [0.1, 0.15) is 46.5 Å². The third kappa shape index (κ3) is 5.56. The Hall–Kier alpha value is -0.660. The van der Waals surface area contributed by atoms with Crippen molar-refractivity contribution in [1.29, 1.82) is 0 Å². The second-order valence-corrected chi connectivity index (χ2v) is 7.89. The van der Waals surface area contributed by atoms with E-state index in [1.54, 1.807) is 18.9 Å². The van der Waals surface area contributed by atoms with Crippen LogP contribution in [0.3, 0.4) is 0 Å². The van der Waals surface area contributed by atoms with Crippen molar-refractivity contribution in [3.05, 3.63) is 0 Å². The van der Waals surface area contributed by atoms with E-state index in [0.29, 0.717) is 11.4 Å². The number of nitrogens with one attached hydrogen (secondary N) is 1. The van der Waals surface area contributed by atoms with Gasteiger partial charge in [0.25, 0.3) is 0 Å². The van der Waals surface area contributed by atoms with Gasteiger partial charge in [0, 0.05) is 24.4 Å². The summed E-state index contributed by atoms with van der Waals surface area (Å²) in [6.07, 6.45) is 5.10. The number of rotatable bonds is 6. The first-order chi connectivity index (χ1) is 9.98. The van der Waals surface area contributed by atoms with Gasteiger partial charge in [0.2, 0.25) is 5.16 Å². The highest BCUT2D eigenvalue weighted by molar-refractivity contribution is 7.99. The van der Waals surface area contributed by atoms with Crippen molar-refractivity contribution in [3.63, 3.8) is 0 Å². The molecule has 21 heavy (non-hydrogen) atoms. The SMILES string of the molecule is COC1CCCC(Sc2nnnn2CCNC(C)(C)C)C1. The van der Waals surface area contributed by atoms with E-state index in [4.69, 9.17) is 4.74 Å². The van der Waals surface area contributed by atoms with Crippen molar-refractivity contribution in [2.75, 3.05) is 13.7 Å². The van der Waals surface area contributed by atoms with Gasteiger partial charge in [-0.3, -0.25) is 0 Å². The summed E-state index contributed by atoms with van der Waals surface area (Å²) in [7, 11) is 1.81. The Bertz CT molecular complexity index is 431. The molecule has 2 atom stereocenters. The zero-order valence-electron chi connectivity index (χ0n) is 13.5. The fourth-order valence-corrected chi connectivity index (χ4v) is 3.76. The largest absolute Gasteiger partial charge is 0.381 e. The molecule has 0 aromatic carbocycles. The lowest BCUT2D eigenvalue weighted by Gasteiger charge is -2.27. The summed E-state index contributed by atoms with van der Waals surface area (Å²) in [6, 6.07) is 0. The molecule has 1 heterocycles. The van der Waals surface area contributed by atoms with E-state index in [0.717, 1.165) is 24.7 Å². The zero-order chi connectivity index (χ0) is 15.3. The second kappa shape index (κ2) is 7.56. The molecular formula is C14H27N5OS. The highest BCUT2D eigenvalue weighted by Crippen LogP contribution is 2.33. The van der Waals surface area contributed by atoms with Gasteiger partial charge in [-0.1, -0.05) is 11.8 Å². The average molecular weight is 313 g/mol. The van der Waals surface area contributed by atoms with Gasteiger partial charge in [-0.25, -0.2) is 4.68 Å². The predicted molar refractivity (Wildman–Crippen MR) is 84.5 cm³/mol. The maximum Gasteiger partial charge on any atom is 0.209 e. The standard InChI is InChI=1S/C14H27N5OS/c1-14(2,3)15-8-9-19-13(16-17-18-19)21-12-7-5-6-11(10-12)20-4/h11-12,15H,5-10H2,1-4H3. The first kappa shape index (κ1) is 16.7. The van der Waals surface area contributed by atoms with Crippen LogP contribution in [0.4, 0.5) is 0 Å². The zero-order valence-corrected chi connectivity index (χ0v) is 14.3. The second-order valence-electron chi connectivity index (χ2n) is 6.63. The molecule has 0 aliphatic heterocycles. The quantitative estimate of drug-likeness (QED) is 0.868. The molecule has 1 aliphatic carbocycles. The van der Waals surface area contributed by atoms with Crippen LogP contribution in [0.5, 0.6) is 0 Å². The van der Waals surface area contributed by atoms with Crippen molar-refractivity contribution in [3.8, 4) is 0 Å². The normalized spacial score (nSPS) is 23.4. The third-order valence-electron chi connectivity index (χ3n) is 3.66. The monoisotopic (exact) mass is 313 g/mol. The molecule has 1 aromatic heterocycles. The van der Waals surface area contributed by atoms with Gasteiger partial charge in [-0.2, -0.15) is 0 Å². The Kier molecular flexibility index (Phi) is 6.01. The lowest BCUT2D eigenvalue weighted by Crippen LogP contribution is -2.38. The third-order valence-corrected chi connectivity index (χ3v) is 4.93. The van der Waals surface area contributed by atoms with Crippen LogP contribution in [-0.2, 0) is 11.3 Å². The summed E-state index contributed by atoms with van der Waals surface area (Å²) in [5, 5.41) is 17.0. The maximum absolute atomic E-state index is 5.49. The van der Waals surface area contributed by atoms with Crippen molar-refractivity contribution >= 4 is 11.8 Å². The van der Waals surface area contributed by atoms with E-state index in [1.807, 2.05) is 4.68 Å². The minimum Gasteiger partial charge on any atom is -0.381 e. The molecule has 0 bridgehead atoms. The van der Waals surface area contributed by atoms with Crippen LogP contribution in [0.2, 0.25) is 0 Å². The summed E-state index contributed by atoms with van der Waals surface area (Å²) in [5.74, 6) is 0. The molecule has 6 nitrogen and oxygen atoms in total. The van der Waals surface area contributed by atoms with Gasteiger partial charge in [0.05, 0.1) is 12.6 Å². The van der Waals surface area contributed by atoms with Gasteiger partial charge >= 0.3 is 0 Å². The molecule has 0 spiro atoms. The molecule has 1 aliphatic rings. The Balaban J connectivity index is 1.85. The number of tetrazole rings is 1. The molecule has 2 rings (SSSR count). The van der Waals surface area contributed by atoms with Crippen LogP contribution in [0.25, 0.3) is 0 Å². The minimum absolute atomic E-state index is 0.121. The number of thioether (sulfide) groups is 1. The highest BCUT2D eigenvalue weighted by atomic mass is 32.2. The minimum atomic E-state index is 0.121. The lowest BCUT2D eigenvalue weighted by atomic mass is 9.97. The molecule has 1 fully saturated rings. The molecule has 1 saturated carbocycles. The maximum atomic E-state index is 5.49. The Morgan fingerprint density at radius 3 is 2.90 bits per heavy atom. The van der Waals surface area contributed by atoms with Crippen LogP contribution in [-0.4, -0.2) is 50.8 Å². The Morgan fingerprint density at radius 1 is 1.38 bits per heavy atom. The van der Waals surface area contributed by atoms with Gasteiger partial charge in [-0.15, -0.1) is 5.10 Å². The Morgan fingerprint density at radius 2 is 2.19 bits per heavy atom. The van der Waals surface area contributed by atoms with Crippen LogP contribution < -0.4 is 5.32 Å². The summed E-state index contributed by atoms with van der Waals surface area (Å²) >= 11 is 1.79. The van der Waals surface area contributed by atoms with Crippen molar-refractivity contribution < 1.29 is 4.74 Å². The smallest absolute Gasteiger partial charge is 0.209 e. The molecule has 0 radical (unpaired) electrons. The van der Waals surface area contributed by atoms with Gasteiger partial charge in [0.15, 0.2) is 0 Å². The molecule has 2 unspecified atom stereocenters. The van der Waals surface area contributed by atoms with Crippen LogP contribution >= 0.6 is 11.8 Å². The van der Waals surface area contributed by atoms with Crippen molar-refractivity contribution in [1.82, 2.24) is 25.5 Å². The van der Waals surface area contributed by atoms with E-state index in [2.05, 4.69) is 41.6 Å². The number of hydrogen-bond donors (Lipinski definition) is 1. The number of hydrogen-bond acceptors (Lipinski definition) is 6. The summed E-state index contributed by atoms with van der Waals surface area (Å²) in [5.41, 5.74) is 0.121. The number of ether oxygens (including phenoxy) is 1. The Labute approximate surface area is 131 Å². The lowest BCUT2D eigenvalue weighted by molar-refractivity contribution is 0.0730. The summed E-state index contributed by atoms with van der Waals surface area (Å²) in [4.78, 5) is 0. The van der Waals surface area contributed by atoms with Gasteiger partial charge in [0.1, 0.15) is 0 Å². The number of nitrogens with zero attached hydrogens (tertiary/aromatic N) is 4. The first-order valence-electron chi connectivity index (χ1n) is 7.68. The predicted octanol–water partition coefficient (Wildman–Crippen LogP) is 2.11. The van der Waals surface area contributed by atoms with E-state index < -0.39 is 0 Å². The molecule has 1 N–H and O–H groups in total. The van der Waals surface area contributed by atoms with E-state index >= 15 is 0 Å². The molecule has 7 heteroatoms. The van der Waals surface area contributed by atoms with E-state index in [-0.39, 0.29) is 5.54 Å². The van der Waals surface area contributed by atoms with Crippen molar-refractivity contribution in [2.45, 2.75) is 75.0 Å². The van der Waals surface area contributed by atoms with Gasteiger partial charge < -0.3 is 10.1 Å². The summed E-state index contributed by atoms with van der Waals surface area (Å²) < 4.78 is 7.39. The molecule has 120 valence electrons. The average Bonchev–Trinajstić information content (AvgIpc) is 2.85. The number of methoxy groups -OCH3 is 1. The van der Waals surface area contributed by atoms with E-state index in [1.165, 1.54) is 19.3 Å². The molecule has 0 saturated heterocycles. The molecule has 0 amide bonds. The van der Waals surface area contributed by atoms with E-state index in [9.17, 15) is 0 Å².